The van der Waals surface area contributed by atoms with Crippen LogP contribution < -0.4 is 5.32 Å². The number of nitrogens with one attached hydrogen (secondary N) is 1. The van der Waals surface area contributed by atoms with Crippen molar-refractivity contribution in [3.63, 3.8) is 0 Å². The summed E-state index contributed by atoms with van der Waals surface area (Å²) in [5.74, 6) is 4.18. The van der Waals surface area contributed by atoms with E-state index in [-0.39, 0.29) is 0 Å². The van der Waals surface area contributed by atoms with Gasteiger partial charge in [0.05, 0.1) is 6.54 Å². The Balaban J connectivity index is 1.23. The topological polar surface area (TPSA) is 15.3 Å². The molecule has 0 spiro atoms. The largest absolute Gasteiger partial charge is 0.401 e. The second-order valence-corrected chi connectivity index (χ2v) is 8.17. The Morgan fingerprint density at radius 2 is 1.82 bits per heavy atom. The van der Waals surface area contributed by atoms with Gasteiger partial charge in [0, 0.05) is 12.6 Å². The maximum atomic E-state index is 12.4. The number of nitrogens with zero attached hydrogens (tertiary/aromatic N) is 1. The molecule has 1 heterocycles. The Labute approximate surface area is 130 Å². The van der Waals surface area contributed by atoms with Gasteiger partial charge < -0.3 is 5.32 Å². The van der Waals surface area contributed by atoms with Crippen molar-refractivity contribution in [2.24, 2.45) is 29.6 Å². The summed E-state index contributed by atoms with van der Waals surface area (Å²) in [6.45, 7) is 1.40. The van der Waals surface area contributed by atoms with Gasteiger partial charge in [0.2, 0.25) is 0 Å². The summed E-state index contributed by atoms with van der Waals surface area (Å²) in [7, 11) is 0. The first kappa shape index (κ1) is 15.3. The Morgan fingerprint density at radius 3 is 2.64 bits per heavy atom. The molecule has 4 rings (SSSR count). The van der Waals surface area contributed by atoms with Gasteiger partial charge in [0.1, 0.15) is 0 Å². The van der Waals surface area contributed by atoms with Crippen LogP contribution in [0.15, 0.2) is 0 Å². The number of rotatable bonds is 4. The molecule has 0 aromatic heterocycles. The average Bonchev–Trinajstić information content (AvgIpc) is 3.16. The molecule has 0 radical (unpaired) electrons. The Kier molecular flexibility index (Phi) is 3.92. The lowest BCUT2D eigenvalue weighted by Crippen LogP contribution is -2.42. The van der Waals surface area contributed by atoms with Crippen LogP contribution in [0.2, 0.25) is 0 Å². The zero-order valence-electron chi connectivity index (χ0n) is 13.1. The molecule has 1 N–H and O–H groups in total. The third-order valence-corrected chi connectivity index (χ3v) is 6.87. The molecule has 2 bridgehead atoms. The van der Waals surface area contributed by atoms with Gasteiger partial charge in [-0.2, -0.15) is 13.2 Å². The van der Waals surface area contributed by atoms with Crippen molar-refractivity contribution >= 4 is 0 Å². The first-order valence-electron chi connectivity index (χ1n) is 9.02. The lowest BCUT2D eigenvalue weighted by Gasteiger charge is -2.33. The van der Waals surface area contributed by atoms with E-state index in [1.807, 2.05) is 0 Å². The molecule has 4 fully saturated rings. The van der Waals surface area contributed by atoms with E-state index in [2.05, 4.69) is 5.32 Å². The van der Waals surface area contributed by atoms with Gasteiger partial charge in [-0.05, 0) is 74.8 Å². The molecular weight excluding hydrogens is 289 g/mol. The predicted octanol–water partition coefficient (Wildman–Crippen LogP) is 3.28. The number of hydrogen-bond donors (Lipinski definition) is 1. The van der Waals surface area contributed by atoms with Crippen LogP contribution in [-0.4, -0.2) is 43.3 Å². The molecule has 1 saturated heterocycles. The molecule has 1 aliphatic heterocycles. The van der Waals surface area contributed by atoms with E-state index in [0.29, 0.717) is 25.0 Å². The van der Waals surface area contributed by atoms with Crippen LogP contribution in [0.4, 0.5) is 13.2 Å². The molecule has 0 aromatic rings. The summed E-state index contributed by atoms with van der Waals surface area (Å²) >= 11 is 0. The minimum absolute atomic E-state index is 0.404. The zero-order valence-corrected chi connectivity index (χ0v) is 13.1. The first-order chi connectivity index (χ1) is 10.5. The Bertz CT molecular complexity index is 411. The lowest BCUT2D eigenvalue weighted by atomic mass is 9.79. The molecule has 126 valence electrons. The third-order valence-electron chi connectivity index (χ3n) is 6.87. The summed E-state index contributed by atoms with van der Waals surface area (Å²) in [5, 5.41) is 3.74. The van der Waals surface area contributed by atoms with Gasteiger partial charge in [-0.3, -0.25) is 4.90 Å². The molecule has 0 amide bonds. The number of fused-ring (bicyclic) bond motifs is 5. The van der Waals surface area contributed by atoms with Crippen LogP contribution in [0.5, 0.6) is 0 Å². The number of hydrogen-bond acceptors (Lipinski definition) is 2. The number of likely N-dealkylation sites (tertiary alicyclic amines) is 1. The molecule has 3 aliphatic carbocycles. The molecule has 3 saturated carbocycles. The summed E-state index contributed by atoms with van der Waals surface area (Å²) in [5.41, 5.74) is 0. The third kappa shape index (κ3) is 2.91. The van der Waals surface area contributed by atoms with E-state index in [1.54, 1.807) is 4.90 Å². The standard InChI is InChI=1S/C17H27F3N2/c18-17(19,20)10-22-5-4-11(9-22)8-21-16-7-12-6-15(16)14-3-1-2-13(12)14/h11-16,21H,1-10H2. The summed E-state index contributed by atoms with van der Waals surface area (Å²) in [6.07, 6.45) is 3.90. The first-order valence-corrected chi connectivity index (χ1v) is 9.02. The van der Waals surface area contributed by atoms with E-state index in [1.165, 1.54) is 32.1 Å². The summed E-state index contributed by atoms with van der Waals surface area (Å²) in [4.78, 5) is 1.57. The van der Waals surface area contributed by atoms with Crippen LogP contribution in [0.1, 0.15) is 38.5 Å². The van der Waals surface area contributed by atoms with E-state index < -0.39 is 12.7 Å². The van der Waals surface area contributed by atoms with E-state index in [4.69, 9.17) is 0 Å². The molecule has 2 nitrogen and oxygen atoms in total. The maximum Gasteiger partial charge on any atom is 0.401 e. The van der Waals surface area contributed by atoms with Crippen LogP contribution >= 0.6 is 0 Å². The number of halogens is 3. The Morgan fingerprint density at radius 1 is 1.00 bits per heavy atom. The van der Waals surface area contributed by atoms with Gasteiger partial charge in [0.25, 0.3) is 0 Å². The second-order valence-electron chi connectivity index (χ2n) is 8.17. The smallest absolute Gasteiger partial charge is 0.313 e. The monoisotopic (exact) mass is 316 g/mol. The molecule has 4 aliphatic rings. The quantitative estimate of drug-likeness (QED) is 0.856. The van der Waals surface area contributed by atoms with Gasteiger partial charge in [-0.1, -0.05) is 6.42 Å². The van der Waals surface area contributed by atoms with Crippen LogP contribution in [0.3, 0.4) is 0 Å². The van der Waals surface area contributed by atoms with Gasteiger partial charge in [0.15, 0.2) is 0 Å². The minimum Gasteiger partial charge on any atom is -0.313 e. The summed E-state index contributed by atoms with van der Waals surface area (Å²) < 4.78 is 37.3. The highest BCUT2D eigenvalue weighted by molar-refractivity contribution is 5.05. The van der Waals surface area contributed by atoms with Gasteiger partial charge in [-0.25, -0.2) is 0 Å². The van der Waals surface area contributed by atoms with Crippen molar-refractivity contribution in [2.45, 2.75) is 50.7 Å². The lowest BCUT2D eigenvalue weighted by molar-refractivity contribution is -0.143. The molecule has 5 heteroatoms. The zero-order chi connectivity index (χ0) is 15.3. The van der Waals surface area contributed by atoms with Crippen molar-refractivity contribution in [3.05, 3.63) is 0 Å². The molecule has 6 atom stereocenters. The van der Waals surface area contributed by atoms with Crippen LogP contribution in [0, 0.1) is 29.6 Å². The molecule has 6 unspecified atom stereocenters. The summed E-state index contributed by atoms with van der Waals surface area (Å²) in [6, 6.07) is 0.654. The molecule has 22 heavy (non-hydrogen) atoms. The second kappa shape index (κ2) is 5.66. The fourth-order valence-corrected chi connectivity index (χ4v) is 6.10. The number of alkyl halides is 3. The van der Waals surface area contributed by atoms with Crippen molar-refractivity contribution < 1.29 is 13.2 Å². The van der Waals surface area contributed by atoms with Crippen molar-refractivity contribution in [2.75, 3.05) is 26.2 Å². The molecule has 0 aromatic carbocycles. The fraction of sp³-hybridized carbons (Fsp3) is 1.00. The highest BCUT2D eigenvalue weighted by Gasteiger charge is 2.53. The minimum atomic E-state index is -4.05. The maximum absolute atomic E-state index is 12.4. The predicted molar refractivity (Wildman–Crippen MR) is 79.4 cm³/mol. The Hall–Kier alpha value is -0.290. The van der Waals surface area contributed by atoms with Gasteiger partial charge in [-0.15, -0.1) is 0 Å². The SMILES string of the molecule is FC(F)(F)CN1CCC(CNC2CC3CC2C2CCCC32)C1. The fourth-order valence-electron chi connectivity index (χ4n) is 6.10. The van der Waals surface area contributed by atoms with Crippen molar-refractivity contribution in [1.82, 2.24) is 10.2 Å². The average molecular weight is 316 g/mol. The van der Waals surface area contributed by atoms with Crippen LogP contribution in [-0.2, 0) is 0 Å². The highest BCUT2D eigenvalue weighted by atomic mass is 19.4. The van der Waals surface area contributed by atoms with E-state index in [9.17, 15) is 13.2 Å². The van der Waals surface area contributed by atoms with Crippen molar-refractivity contribution in [3.8, 4) is 0 Å². The van der Waals surface area contributed by atoms with E-state index in [0.717, 1.165) is 36.6 Å². The van der Waals surface area contributed by atoms with Crippen molar-refractivity contribution in [1.29, 1.82) is 0 Å². The highest BCUT2D eigenvalue weighted by Crippen LogP contribution is 2.58. The van der Waals surface area contributed by atoms with E-state index >= 15 is 0 Å². The normalized spacial score (nSPS) is 44.9. The van der Waals surface area contributed by atoms with Crippen LogP contribution in [0.25, 0.3) is 0 Å². The van der Waals surface area contributed by atoms with Gasteiger partial charge >= 0.3 is 6.18 Å². The molecular formula is C17H27F3N2.